The number of nitrogens with zero attached hydrogens (tertiary/aromatic N) is 1. The van der Waals surface area contributed by atoms with Crippen LogP contribution in [0.4, 0.5) is 0 Å². The molecule has 0 aliphatic carbocycles. The molecule has 13 nitrogen and oxygen atoms in total. The topological polar surface area (TPSA) is 220 Å². The van der Waals surface area contributed by atoms with Gasteiger partial charge in [0.15, 0.2) is 0 Å². The average molecular weight is 629 g/mol. The summed E-state index contributed by atoms with van der Waals surface area (Å²) >= 11 is 0. The first-order valence-electron chi connectivity index (χ1n) is 14.5. The normalized spacial score (nSPS) is 13.5. The number of aromatic hydroxyl groups is 2. The number of carbonyl (C=O) groups is 4. The molecule has 9 N–H and O–H groups in total. The highest BCUT2D eigenvalue weighted by Gasteiger charge is 2.31. The van der Waals surface area contributed by atoms with Crippen molar-refractivity contribution in [2.24, 2.45) is 5.73 Å². The smallest absolute Gasteiger partial charge is 0.326 e. The number of amides is 3. The van der Waals surface area contributed by atoms with Gasteiger partial charge < -0.3 is 42.0 Å². The van der Waals surface area contributed by atoms with E-state index in [9.17, 15) is 34.5 Å². The Hall–Kier alpha value is -5.69. The van der Waals surface area contributed by atoms with E-state index in [4.69, 9.17) is 5.73 Å². The first kappa shape index (κ1) is 33.2. The average Bonchev–Trinajstić information content (AvgIpc) is 3.55. The molecule has 1 aromatic heterocycles. The lowest BCUT2D eigenvalue weighted by Crippen LogP contribution is -2.58. The number of rotatable bonds is 15. The maximum Gasteiger partial charge on any atom is 0.326 e. The summed E-state index contributed by atoms with van der Waals surface area (Å²) in [6.45, 7) is 0. The molecule has 4 unspecified atom stereocenters. The second kappa shape index (κ2) is 15.9. The Morgan fingerprint density at radius 3 is 1.63 bits per heavy atom. The summed E-state index contributed by atoms with van der Waals surface area (Å²) in [5.41, 5.74) is 8.69. The fraction of sp³-hybridized carbons (Fsp3) is 0.242. The SMILES string of the molecule is NC(Cc1ccc(O)cc1)C(=O)NC(Cc1ccc(O)cc1)C(=O)NC(Cc1ccccc1)C(=O)NC(Cc1cnc[nH]1)C(=O)O. The molecule has 4 aromatic rings. The summed E-state index contributed by atoms with van der Waals surface area (Å²) in [5.74, 6) is -3.24. The molecule has 0 saturated heterocycles. The van der Waals surface area contributed by atoms with E-state index in [-0.39, 0.29) is 37.2 Å². The second-order valence-corrected chi connectivity index (χ2v) is 10.8. The lowest BCUT2D eigenvalue weighted by Gasteiger charge is -2.25. The van der Waals surface area contributed by atoms with Crippen molar-refractivity contribution < 1.29 is 34.5 Å². The van der Waals surface area contributed by atoms with Gasteiger partial charge in [-0.15, -0.1) is 0 Å². The molecule has 0 radical (unpaired) electrons. The van der Waals surface area contributed by atoms with Crippen LogP contribution in [0.1, 0.15) is 22.4 Å². The molecular formula is C33H36N6O7. The van der Waals surface area contributed by atoms with Crippen molar-refractivity contribution >= 4 is 23.7 Å². The van der Waals surface area contributed by atoms with Gasteiger partial charge in [-0.05, 0) is 47.4 Å². The van der Waals surface area contributed by atoms with Crippen molar-refractivity contribution in [1.29, 1.82) is 0 Å². The Labute approximate surface area is 264 Å². The minimum absolute atomic E-state index is 0.00103. The standard InChI is InChI=1S/C33H36N6O7/c34-26(14-21-6-10-24(40)11-7-21)30(42)37-27(16-22-8-12-25(41)13-9-22)31(43)38-28(15-20-4-2-1-3-5-20)32(44)39-29(33(45)46)17-23-18-35-19-36-23/h1-13,18-19,26-29,40-41H,14-17,34H2,(H,35,36)(H,37,42)(H,38,43)(H,39,44)(H,45,46). The predicted octanol–water partition coefficient (Wildman–Crippen LogP) is 0.958. The van der Waals surface area contributed by atoms with Gasteiger partial charge in [-0.2, -0.15) is 0 Å². The van der Waals surface area contributed by atoms with Crippen molar-refractivity contribution in [2.45, 2.75) is 49.9 Å². The van der Waals surface area contributed by atoms with Gasteiger partial charge >= 0.3 is 5.97 Å². The van der Waals surface area contributed by atoms with E-state index >= 15 is 0 Å². The number of nitrogens with one attached hydrogen (secondary N) is 4. The first-order chi connectivity index (χ1) is 22.1. The molecule has 0 aliphatic heterocycles. The van der Waals surface area contributed by atoms with Crippen molar-refractivity contribution in [1.82, 2.24) is 25.9 Å². The number of phenolic OH excluding ortho intramolecular Hbond substituents is 2. The van der Waals surface area contributed by atoms with Crippen LogP contribution in [0.5, 0.6) is 11.5 Å². The van der Waals surface area contributed by atoms with Gasteiger partial charge in [0.1, 0.15) is 29.6 Å². The lowest BCUT2D eigenvalue weighted by molar-refractivity contribution is -0.142. The predicted molar refractivity (Wildman–Crippen MR) is 167 cm³/mol. The number of imidazole rings is 1. The van der Waals surface area contributed by atoms with Gasteiger partial charge in [0.05, 0.1) is 12.4 Å². The number of nitrogens with two attached hydrogens (primary N) is 1. The monoisotopic (exact) mass is 628 g/mol. The third kappa shape index (κ3) is 9.92. The highest BCUT2D eigenvalue weighted by Crippen LogP contribution is 2.14. The van der Waals surface area contributed by atoms with E-state index in [1.807, 2.05) is 0 Å². The molecule has 3 aromatic carbocycles. The third-order valence-corrected chi connectivity index (χ3v) is 7.25. The van der Waals surface area contributed by atoms with Crippen LogP contribution in [0.2, 0.25) is 0 Å². The fourth-order valence-corrected chi connectivity index (χ4v) is 4.75. The van der Waals surface area contributed by atoms with E-state index in [1.165, 1.54) is 36.8 Å². The molecule has 46 heavy (non-hydrogen) atoms. The summed E-state index contributed by atoms with van der Waals surface area (Å²) in [4.78, 5) is 59.2. The van der Waals surface area contributed by atoms with Crippen LogP contribution in [0.25, 0.3) is 0 Å². The summed E-state index contributed by atoms with van der Waals surface area (Å²) in [6, 6.07) is 16.4. The number of H-pyrrole nitrogens is 1. The zero-order valence-corrected chi connectivity index (χ0v) is 24.8. The van der Waals surface area contributed by atoms with Crippen LogP contribution < -0.4 is 21.7 Å². The molecule has 0 spiro atoms. The van der Waals surface area contributed by atoms with E-state index in [0.717, 1.165) is 0 Å². The molecule has 0 aliphatic rings. The lowest BCUT2D eigenvalue weighted by atomic mass is 10.0. The first-order valence-corrected chi connectivity index (χ1v) is 14.5. The van der Waals surface area contributed by atoms with Crippen LogP contribution in [-0.4, -0.2) is 73.1 Å². The number of hydrogen-bond acceptors (Lipinski definition) is 8. The number of phenols is 2. The molecule has 3 amide bonds. The second-order valence-electron chi connectivity index (χ2n) is 10.8. The van der Waals surface area contributed by atoms with E-state index < -0.39 is 47.9 Å². The van der Waals surface area contributed by atoms with Crippen LogP contribution in [0.3, 0.4) is 0 Å². The summed E-state index contributed by atoms with van der Waals surface area (Å²) in [5, 5.41) is 36.9. The van der Waals surface area contributed by atoms with Crippen molar-refractivity contribution in [3.8, 4) is 11.5 Å². The number of carboxylic acids is 1. The Balaban J connectivity index is 1.54. The van der Waals surface area contributed by atoms with Gasteiger partial charge in [0.25, 0.3) is 0 Å². The van der Waals surface area contributed by atoms with Gasteiger partial charge in [-0.1, -0.05) is 54.6 Å². The van der Waals surface area contributed by atoms with E-state index in [1.54, 1.807) is 54.6 Å². The highest BCUT2D eigenvalue weighted by atomic mass is 16.4. The molecule has 4 atom stereocenters. The van der Waals surface area contributed by atoms with E-state index in [0.29, 0.717) is 22.4 Å². The van der Waals surface area contributed by atoms with Gasteiger partial charge in [0.2, 0.25) is 17.7 Å². The Kier molecular flexibility index (Phi) is 11.5. The molecule has 0 fully saturated rings. The zero-order valence-electron chi connectivity index (χ0n) is 24.8. The van der Waals surface area contributed by atoms with Gasteiger partial charge in [-0.25, -0.2) is 9.78 Å². The number of aliphatic carboxylic acids is 1. The summed E-state index contributed by atoms with van der Waals surface area (Å²) in [6.07, 6.45) is 2.95. The molecular weight excluding hydrogens is 592 g/mol. The van der Waals surface area contributed by atoms with E-state index in [2.05, 4.69) is 25.9 Å². The van der Waals surface area contributed by atoms with Gasteiger partial charge in [0, 0.05) is 31.2 Å². The molecule has 240 valence electrons. The molecule has 13 heteroatoms. The maximum atomic E-state index is 13.8. The molecule has 0 bridgehead atoms. The Bertz CT molecular complexity index is 1600. The number of hydrogen-bond donors (Lipinski definition) is 8. The van der Waals surface area contributed by atoms with Crippen LogP contribution >= 0.6 is 0 Å². The summed E-state index contributed by atoms with van der Waals surface area (Å²) in [7, 11) is 0. The van der Waals surface area contributed by atoms with Crippen LogP contribution in [-0.2, 0) is 44.9 Å². The highest BCUT2D eigenvalue weighted by molar-refractivity contribution is 5.94. The largest absolute Gasteiger partial charge is 0.508 e. The van der Waals surface area contributed by atoms with Crippen molar-refractivity contribution in [2.75, 3.05) is 0 Å². The Morgan fingerprint density at radius 1 is 0.652 bits per heavy atom. The number of benzene rings is 3. The molecule has 0 saturated carbocycles. The molecule has 4 rings (SSSR count). The number of aromatic amines is 1. The van der Waals surface area contributed by atoms with Crippen LogP contribution in [0, 0.1) is 0 Å². The number of carboxylic acid groups (broad SMARTS) is 1. The minimum atomic E-state index is -1.31. The summed E-state index contributed by atoms with van der Waals surface area (Å²) < 4.78 is 0. The quantitative estimate of drug-likeness (QED) is 0.0938. The van der Waals surface area contributed by atoms with Crippen molar-refractivity contribution in [3.63, 3.8) is 0 Å². The zero-order chi connectivity index (χ0) is 33.1. The van der Waals surface area contributed by atoms with Gasteiger partial charge in [-0.3, -0.25) is 14.4 Å². The fourth-order valence-electron chi connectivity index (χ4n) is 4.75. The third-order valence-electron chi connectivity index (χ3n) is 7.25. The number of carbonyl (C=O) groups excluding carboxylic acids is 3. The van der Waals surface area contributed by atoms with Crippen molar-refractivity contribution in [3.05, 3.63) is 114 Å². The Morgan fingerprint density at radius 2 is 1.13 bits per heavy atom. The number of aromatic nitrogens is 2. The van der Waals surface area contributed by atoms with Crippen LogP contribution in [0.15, 0.2) is 91.4 Å². The molecule has 1 heterocycles. The minimum Gasteiger partial charge on any atom is -0.508 e. The maximum absolute atomic E-state index is 13.8.